The van der Waals surface area contributed by atoms with Crippen molar-refractivity contribution in [3.8, 4) is 0 Å². The molecule has 1 rings (SSSR count). The molecule has 0 aromatic rings. The minimum absolute atomic E-state index is 0.119. The van der Waals surface area contributed by atoms with Crippen LogP contribution in [0.2, 0.25) is 0 Å². The molecule has 8 nitrogen and oxygen atoms in total. The van der Waals surface area contributed by atoms with E-state index in [1.54, 1.807) is 4.90 Å². The summed E-state index contributed by atoms with van der Waals surface area (Å²) in [5.41, 5.74) is 0. The van der Waals surface area contributed by atoms with Crippen LogP contribution in [0.25, 0.3) is 0 Å². The van der Waals surface area contributed by atoms with Crippen LogP contribution in [0.4, 0.5) is 0 Å². The first-order chi connectivity index (χ1) is 9.95. The van der Waals surface area contributed by atoms with Crippen molar-refractivity contribution in [2.75, 3.05) is 39.4 Å². The fraction of sp³-hybridized carbons (Fsp3) is 0.769. The van der Waals surface area contributed by atoms with Crippen molar-refractivity contribution >= 4 is 17.8 Å². The van der Waals surface area contributed by atoms with Crippen LogP contribution in [0.15, 0.2) is 0 Å². The Balaban J connectivity index is 2.40. The zero-order valence-corrected chi connectivity index (χ0v) is 12.4. The number of carboxylic acids is 1. The molecule has 1 aliphatic rings. The molecule has 120 valence electrons. The molecule has 8 heteroatoms. The fourth-order valence-electron chi connectivity index (χ4n) is 2.28. The first-order valence-electron chi connectivity index (χ1n) is 7.01. The van der Waals surface area contributed by atoms with Gasteiger partial charge < -0.3 is 20.5 Å². The molecule has 0 aliphatic carbocycles. The van der Waals surface area contributed by atoms with Crippen molar-refractivity contribution < 1.29 is 24.2 Å². The van der Waals surface area contributed by atoms with Gasteiger partial charge >= 0.3 is 5.97 Å². The van der Waals surface area contributed by atoms with E-state index in [-0.39, 0.29) is 31.0 Å². The lowest BCUT2D eigenvalue weighted by Gasteiger charge is -2.28. The number of carbonyl (C=O) groups is 3. The van der Waals surface area contributed by atoms with Crippen LogP contribution in [-0.4, -0.2) is 73.2 Å². The van der Waals surface area contributed by atoms with Gasteiger partial charge in [0.15, 0.2) is 0 Å². The van der Waals surface area contributed by atoms with E-state index in [2.05, 4.69) is 10.6 Å². The number of aliphatic carboxylic acids is 1. The second-order valence-electron chi connectivity index (χ2n) is 4.95. The molecule has 1 fully saturated rings. The van der Waals surface area contributed by atoms with Crippen LogP contribution >= 0.6 is 0 Å². The van der Waals surface area contributed by atoms with Gasteiger partial charge in [-0.05, 0) is 6.54 Å². The van der Waals surface area contributed by atoms with Crippen molar-refractivity contribution in [3.63, 3.8) is 0 Å². The number of nitrogens with zero attached hydrogens (tertiary/aromatic N) is 1. The Morgan fingerprint density at radius 3 is 2.48 bits per heavy atom. The Kier molecular flexibility index (Phi) is 7.10. The SMILES string of the molecule is CCN(CC(=O)NCCNC(C)=O)C1COCC1C(=O)O. The van der Waals surface area contributed by atoms with E-state index in [4.69, 9.17) is 9.84 Å². The van der Waals surface area contributed by atoms with Crippen molar-refractivity contribution in [1.29, 1.82) is 0 Å². The summed E-state index contributed by atoms with van der Waals surface area (Å²) in [6.45, 7) is 5.20. The van der Waals surface area contributed by atoms with E-state index in [1.165, 1.54) is 6.92 Å². The summed E-state index contributed by atoms with van der Waals surface area (Å²) >= 11 is 0. The number of rotatable bonds is 8. The van der Waals surface area contributed by atoms with Crippen molar-refractivity contribution in [2.45, 2.75) is 19.9 Å². The van der Waals surface area contributed by atoms with E-state index in [0.29, 0.717) is 26.2 Å². The largest absolute Gasteiger partial charge is 0.481 e. The van der Waals surface area contributed by atoms with Gasteiger partial charge in [0, 0.05) is 26.1 Å². The summed E-state index contributed by atoms with van der Waals surface area (Å²) in [6, 6.07) is -0.284. The minimum atomic E-state index is -0.901. The van der Waals surface area contributed by atoms with Gasteiger partial charge in [0.1, 0.15) is 0 Å². The Hall–Kier alpha value is -1.67. The third-order valence-corrected chi connectivity index (χ3v) is 3.41. The molecule has 0 radical (unpaired) electrons. The second kappa shape index (κ2) is 8.58. The summed E-state index contributed by atoms with van der Waals surface area (Å²) < 4.78 is 5.22. The molecule has 1 aliphatic heterocycles. The first kappa shape index (κ1) is 17.4. The predicted octanol–water partition coefficient (Wildman–Crippen LogP) is -1.34. The lowest BCUT2D eigenvalue weighted by Crippen LogP contribution is -2.48. The number of carboxylic acid groups (broad SMARTS) is 1. The van der Waals surface area contributed by atoms with Crippen LogP contribution < -0.4 is 10.6 Å². The number of hydrogen-bond donors (Lipinski definition) is 3. The molecule has 0 aromatic heterocycles. The molecule has 1 heterocycles. The van der Waals surface area contributed by atoms with Gasteiger partial charge in [-0.15, -0.1) is 0 Å². The highest BCUT2D eigenvalue weighted by Crippen LogP contribution is 2.19. The van der Waals surface area contributed by atoms with Crippen molar-refractivity contribution in [2.24, 2.45) is 5.92 Å². The number of carbonyl (C=O) groups excluding carboxylic acids is 2. The third-order valence-electron chi connectivity index (χ3n) is 3.41. The highest BCUT2D eigenvalue weighted by atomic mass is 16.5. The predicted molar refractivity (Wildman–Crippen MR) is 74.7 cm³/mol. The van der Waals surface area contributed by atoms with Crippen molar-refractivity contribution in [3.05, 3.63) is 0 Å². The van der Waals surface area contributed by atoms with Gasteiger partial charge in [-0.1, -0.05) is 6.92 Å². The minimum Gasteiger partial charge on any atom is -0.481 e. The second-order valence-corrected chi connectivity index (χ2v) is 4.95. The number of amides is 2. The molecular formula is C13H23N3O5. The van der Waals surface area contributed by atoms with Crippen LogP contribution in [0.5, 0.6) is 0 Å². The maximum absolute atomic E-state index is 11.8. The molecule has 0 saturated carbocycles. The van der Waals surface area contributed by atoms with Crippen LogP contribution in [0.1, 0.15) is 13.8 Å². The standard InChI is InChI=1S/C13H23N3O5/c1-3-16(11-8-21-7-10(11)13(19)20)6-12(18)15-5-4-14-9(2)17/h10-11H,3-8H2,1-2H3,(H,14,17)(H,15,18)(H,19,20). The Bertz CT molecular complexity index is 388. The molecule has 21 heavy (non-hydrogen) atoms. The zero-order chi connectivity index (χ0) is 15.8. The summed E-state index contributed by atoms with van der Waals surface area (Å²) in [5, 5.41) is 14.4. The Morgan fingerprint density at radius 1 is 1.24 bits per heavy atom. The van der Waals surface area contributed by atoms with Gasteiger partial charge in [0.2, 0.25) is 11.8 Å². The molecule has 0 bridgehead atoms. The molecule has 2 amide bonds. The number of ether oxygens (including phenoxy) is 1. The molecule has 0 spiro atoms. The smallest absolute Gasteiger partial charge is 0.310 e. The van der Waals surface area contributed by atoms with E-state index >= 15 is 0 Å². The summed E-state index contributed by atoms with van der Waals surface area (Å²) in [5.74, 6) is -1.84. The zero-order valence-electron chi connectivity index (χ0n) is 12.4. The number of nitrogens with one attached hydrogen (secondary N) is 2. The maximum atomic E-state index is 11.8. The Morgan fingerprint density at radius 2 is 1.90 bits per heavy atom. The van der Waals surface area contributed by atoms with Gasteiger partial charge in [-0.2, -0.15) is 0 Å². The van der Waals surface area contributed by atoms with E-state index in [1.807, 2.05) is 6.92 Å². The van der Waals surface area contributed by atoms with Crippen LogP contribution in [0, 0.1) is 5.92 Å². The van der Waals surface area contributed by atoms with Crippen LogP contribution in [-0.2, 0) is 19.1 Å². The van der Waals surface area contributed by atoms with Crippen LogP contribution in [0.3, 0.4) is 0 Å². The highest BCUT2D eigenvalue weighted by molar-refractivity contribution is 5.78. The molecular weight excluding hydrogens is 278 g/mol. The van der Waals surface area contributed by atoms with Crippen molar-refractivity contribution in [1.82, 2.24) is 15.5 Å². The average molecular weight is 301 g/mol. The maximum Gasteiger partial charge on any atom is 0.310 e. The van der Waals surface area contributed by atoms with Gasteiger partial charge in [-0.25, -0.2) is 0 Å². The van der Waals surface area contributed by atoms with E-state index in [9.17, 15) is 14.4 Å². The lowest BCUT2D eigenvalue weighted by molar-refractivity contribution is -0.143. The molecule has 3 N–H and O–H groups in total. The summed E-state index contributed by atoms with van der Waals surface area (Å²) in [7, 11) is 0. The lowest BCUT2D eigenvalue weighted by atomic mass is 10.0. The third kappa shape index (κ3) is 5.68. The fourth-order valence-corrected chi connectivity index (χ4v) is 2.28. The topological polar surface area (TPSA) is 108 Å². The number of hydrogen-bond acceptors (Lipinski definition) is 5. The molecule has 2 unspecified atom stereocenters. The van der Waals surface area contributed by atoms with Gasteiger partial charge in [-0.3, -0.25) is 19.3 Å². The number of likely N-dealkylation sites (N-methyl/N-ethyl adjacent to an activating group) is 1. The van der Waals surface area contributed by atoms with Gasteiger partial charge in [0.05, 0.1) is 25.7 Å². The van der Waals surface area contributed by atoms with E-state index < -0.39 is 11.9 Å². The average Bonchev–Trinajstić information content (AvgIpc) is 2.90. The Labute approximate surface area is 123 Å². The summed E-state index contributed by atoms with van der Waals surface area (Å²) in [6.07, 6.45) is 0. The molecule has 2 atom stereocenters. The highest BCUT2D eigenvalue weighted by Gasteiger charge is 2.37. The van der Waals surface area contributed by atoms with Gasteiger partial charge in [0.25, 0.3) is 0 Å². The molecule has 0 aromatic carbocycles. The first-order valence-corrected chi connectivity index (χ1v) is 7.01. The summed E-state index contributed by atoms with van der Waals surface area (Å²) in [4.78, 5) is 35.5. The van der Waals surface area contributed by atoms with E-state index in [0.717, 1.165) is 0 Å². The normalized spacial score (nSPS) is 21.3. The quantitative estimate of drug-likeness (QED) is 0.479. The molecule has 1 saturated heterocycles. The monoisotopic (exact) mass is 301 g/mol.